The van der Waals surface area contributed by atoms with E-state index in [0.29, 0.717) is 30.6 Å². The highest BCUT2D eigenvalue weighted by atomic mass is 16.6. The number of benzene rings is 2. The fourth-order valence-corrected chi connectivity index (χ4v) is 3.09. The van der Waals surface area contributed by atoms with Crippen LogP contribution in [-0.4, -0.2) is 31.2 Å². The van der Waals surface area contributed by atoms with Crippen LogP contribution in [0.15, 0.2) is 48.5 Å². The van der Waals surface area contributed by atoms with E-state index in [2.05, 4.69) is 19.2 Å². The number of ether oxygens (including phenoxy) is 3. The molecule has 0 bridgehead atoms. The third-order valence-corrected chi connectivity index (χ3v) is 5.00. The first kappa shape index (κ1) is 21.4. The van der Waals surface area contributed by atoms with Crippen molar-refractivity contribution in [2.45, 2.75) is 39.2 Å². The zero-order valence-electron chi connectivity index (χ0n) is 17.5. The molecule has 0 radical (unpaired) electrons. The molecule has 1 aliphatic heterocycles. The van der Waals surface area contributed by atoms with Gasteiger partial charge in [0.25, 0.3) is 5.91 Å². The summed E-state index contributed by atoms with van der Waals surface area (Å²) in [5.74, 6) is 0.677. The number of esters is 1. The van der Waals surface area contributed by atoms with E-state index >= 15 is 0 Å². The monoisotopic (exact) mass is 409 g/mol. The maximum Gasteiger partial charge on any atom is 0.331 e. The Bertz CT molecular complexity index is 937. The average Bonchev–Trinajstić information content (AvgIpc) is 2.77. The van der Waals surface area contributed by atoms with Gasteiger partial charge in [0.2, 0.25) is 0 Å². The van der Waals surface area contributed by atoms with Gasteiger partial charge in [-0.3, -0.25) is 4.79 Å². The highest BCUT2D eigenvalue weighted by Crippen LogP contribution is 2.31. The molecule has 0 saturated heterocycles. The molecule has 1 aliphatic rings. The lowest BCUT2D eigenvalue weighted by Crippen LogP contribution is -2.29. The van der Waals surface area contributed by atoms with Crippen LogP contribution in [0.4, 0.5) is 5.69 Å². The summed E-state index contributed by atoms with van der Waals surface area (Å²) in [4.78, 5) is 24.7. The van der Waals surface area contributed by atoms with Gasteiger partial charge in [-0.2, -0.15) is 0 Å². The molecule has 30 heavy (non-hydrogen) atoms. The van der Waals surface area contributed by atoms with Crippen molar-refractivity contribution in [3.05, 3.63) is 59.7 Å². The molecule has 0 saturated carbocycles. The predicted molar refractivity (Wildman–Crippen MR) is 116 cm³/mol. The summed E-state index contributed by atoms with van der Waals surface area (Å²) < 4.78 is 16.3. The molecule has 1 N–H and O–H groups in total. The minimum absolute atomic E-state index is 0.313. The van der Waals surface area contributed by atoms with Crippen molar-refractivity contribution in [2.75, 3.05) is 18.5 Å². The van der Waals surface area contributed by atoms with Gasteiger partial charge in [-0.25, -0.2) is 4.79 Å². The summed E-state index contributed by atoms with van der Waals surface area (Å²) in [6.07, 6.45) is 2.95. The molecule has 0 aromatic heterocycles. The number of para-hydroxylation sites is 1. The Morgan fingerprint density at radius 3 is 2.60 bits per heavy atom. The normalized spacial score (nSPS) is 14.8. The molecule has 2 atom stereocenters. The molecule has 158 valence electrons. The lowest BCUT2D eigenvalue weighted by atomic mass is 9.97. The number of rotatable bonds is 7. The molecule has 0 unspecified atom stereocenters. The van der Waals surface area contributed by atoms with Crippen LogP contribution in [0.3, 0.4) is 0 Å². The molecule has 1 heterocycles. The summed E-state index contributed by atoms with van der Waals surface area (Å²) in [7, 11) is 0. The Morgan fingerprint density at radius 1 is 1.10 bits per heavy atom. The molecule has 2 aromatic rings. The molecule has 0 fully saturated rings. The first-order valence-electron chi connectivity index (χ1n) is 10.2. The largest absolute Gasteiger partial charge is 0.486 e. The SMILES string of the molecule is CC[C@@H](C)c1ccccc1NC(=O)[C@H](C)OC(=O)/C=C/c1ccc2c(c1)OCCO2. The number of hydrogen-bond donors (Lipinski definition) is 1. The van der Waals surface area contributed by atoms with Crippen LogP contribution < -0.4 is 14.8 Å². The lowest BCUT2D eigenvalue weighted by Gasteiger charge is -2.18. The van der Waals surface area contributed by atoms with Crippen LogP contribution in [0.2, 0.25) is 0 Å². The van der Waals surface area contributed by atoms with Crippen LogP contribution >= 0.6 is 0 Å². The number of hydrogen-bond acceptors (Lipinski definition) is 5. The van der Waals surface area contributed by atoms with Crippen molar-refractivity contribution in [3.63, 3.8) is 0 Å². The quantitative estimate of drug-likeness (QED) is 0.536. The van der Waals surface area contributed by atoms with E-state index < -0.39 is 12.1 Å². The number of nitrogens with one attached hydrogen (secondary N) is 1. The Kier molecular flexibility index (Phi) is 7.12. The Balaban J connectivity index is 1.58. The van der Waals surface area contributed by atoms with Crippen molar-refractivity contribution in [2.24, 2.45) is 0 Å². The number of fused-ring (bicyclic) bond motifs is 1. The number of carbonyl (C=O) groups excluding carboxylic acids is 2. The smallest absolute Gasteiger partial charge is 0.331 e. The Morgan fingerprint density at radius 2 is 1.83 bits per heavy atom. The third kappa shape index (κ3) is 5.41. The minimum atomic E-state index is -0.924. The molecule has 3 rings (SSSR count). The molecular formula is C24H27NO5. The van der Waals surface area contributed by atoms with Crippen LogP contribution in [0.1, 0.15) is 44.2 Å². The van der Waals surface area contributed by atoms with Gasteiger partial charge in [0, 0.05) is 11.8 Å². The predicted octanol–water partition coefficient (Wildman–Crippen LogP) is 4.55. The van der Waals surface area contributed by atoms with Crippen LogP contribution in [0.25, 0.3) is 6.08 Å². The van der Waals surface area contributed by atoms with Crippen LogP contribution in [0.5, 0.6) is 11.5 Å². The van der Waals surface area contributed by atoms with Crippen molar-refractivity contribution in [1.29, 1.82) is 0 Å². The second kappa shape index (κ2) is 9.96. The van der Waals surface area contributed by atoms with Crippen LogP contribution in [0, 0.1) is 0 Å². The topological polar surface area (TPSA) is 73.9 Å². The van der Waals surface area contributed by atoms with Gasteiger partial charge >= 0.3 is 5.97 Å². The van der Waals surface area contributed by atoms with Crippen molar-refractivity contribution >= 4 is 23.6 Å². The van der Waals surface area contributed by atoms with Gasteiger partial charge in [-0.15, -0.1) is 0 Å². The number of amides is 1. The van der Waals surface area contributed by atoms with Gasteiger partial charge in [0.15, 0.2) is 17.6 Å². The molecular weight excluding hydrogens is 382 g/mol. The highest BCUT2D eigenvalue weighted by Gasteiger charge is 2.19. The fraction of sp³-hybridized carbons (Fsp3) is 0.333. The molecule has 0 aliphatic carbocycles. The van der Waals surface area contributed by atoms with Gasteiger partial charge in [-0.1, -0.05) is 38.1 Å². The number of anilines is 1. The zero-order chi connectivity index (χ0) is 21.5. The van der Waals surface area contributed by atoms with E-state index in [1.54, 1.807) is 25.1 Å². The second-order valence-electron chi connectivity index (χ2n) is 7.20. The standard InChI is InChI=1S/C24H27NO5/c1-4-16(2)19-7-5-6-8-20(19)25-24(27)17(3)30-23(26)12-10-18-9-11-21-22(15-18)29-14-13-28-21/h5-12,15-17H,4,13-14H2,1-3H3,(H,25,27)/b12-10+/t16-,17+/m1/s1. The minimum Gasteiger partial charge on any atom is -0.486 e. The lowest BCUT2D eigenvalue weighted by molar-refractivity contribution is -0.148. The number of carbonyl (C=O) groups is 2. The summed E-state index contributed by atoms with van der Waals surface area (Å²) in [5, 5.41) is 2.87. The Hall–Kier alpha value is -3.28. The molecule has 2 aromatic carbocycles. The van der Waals surface area contributed by atoms with E-state index in [-0.39, 0.29) is 5.91 Å². The summed E-state index contributed by atoms with van der Waals surface area (Å²) in [6.45, 7) is 6.78. The van der Waals surface area contributed by atoms with Gasteiger partial charge < -0.3 is 19.5 Å². The van der Waals surface area contributed by atoms with E-state index in [0.717, 1.165) is 23.2 Å². The van der Waals surface area contributed by atoms with E-state index in [4.69, 9.17) is 14.2 Å². The van der Waals surface area contributed by atoms with Crippen molar-refractivity contribution in [1.82, 2.24) is 0 Å². The molecule has 1 amide bonds. The highest BCUT2D eigenvalue weighted by molar-refractivity contribution is 5.97. The average molecular weight is 409 g/mol. The summed E-state index contributed by atoms with van der Waals surface area (Å²) in [5.41, 5.74) is 2.58. The second-order valence-corrected chi connectivity index (χ2v) is 7.20. The maximum absolute atomic E-state index is 12.5. The van der Waals surface area contributed by atoms with Gasteiger partial charge in [0.1, 0.15) is 13.2 Å². The van der Waals surface area contributed by atoms with E-state index in [9.17, 15) is 9.59 Å². The van der Waals surface area contributed by atoms with Crippen LogP contribution in [-0.2, 0) is 14.3 Å². The fourth-order valence-electron chi connectivity index (χ4n) is 3.09. The van der Waals surface area contributed by atoms with Gasteiger partial charge in [-0.05, 0) is 54.7 Å². The molecule has 6 heteroatoms. The molecule has 6 nitrogen and oxygen atoms in total. The summed E-state index contributed by atoms with van der Waals surface area (Å²) >= 11 is 0. The first-order chi connectivity index (χ1) is 14.5. The third-order valence-electron chi connectivity index (χ3n) is 5.00. The maximum atomic E-state index is 12.5. The van der Waals surface area contributed by atoms with Crippen molar-refractivity contribution in [3.8, 4) is 11.5 Å². The van der Waals surface area contributed by atoms with Crippen molar-refractivity contribution < 1.29 is 23.8 Å². The summed E-state index contributed by atoms with van der Waals surface area (Å²) in [6, 6.07) is 13.1. The van der Waals surface area contributed by atoms with Gasteiger partial charge in [0.05, 0.1) is 0 Å². The molecule has 0 spiro atoms. The van der Waals surface area contributed by atoms with E-state index in [1.807, 2.05) is 30.3 Å². The Labute approximate surface area is 176 Å². The van der Waals surface area contributed by atoms with E-state index in [1.165, 1.54) is 6.08 Å². The zero-order valence-corrected chi connectivity index (χ0v) is 17.5. The first-order valence-corrected chi connectivity index (χ1v) is 10.2.